The lowest BCUT2D eigenvalue weighted by Gasteiger charge is -2.50. The van der Waals surface area contributed by atoms with E-state index >= 15 is 0 Å². The number of nitrogens with zero attached hydrogens (tertiary/aromatic N) is 3. The molecule has 2 aliphatic rings. The SMILES string of the molecule is CCOC[C@]12Cc3cnn(-c4ccc(F)cc4)c3CC1CCN(S(=O)(=O)c1ccc(C)cc1)C2. The predicted molar refractivity (Wildman–Crippen MR) is 128 cm³/mol. The zero-order valence-electron chi connectivity index (χ0n) is 19.6. The Morgan fingerprint density at radius 1 is 1.15 bits per heavy atom. The molecule has 5 rings (SSSR count). The quantitative estimate of drug-likeness (QED) is 0.528. The van der Waals surface area contributed by atoms with Gasteiger partial charge in [-0.2, -0.15) is 9.40 Å². The first-order valence-electron chi connectivity index (χ1n) is 11.8. The highest BCUT2D eigenvalue weighted by atomic mass is 32.2. The molecule has 2 heterocycles. The Hall–Kier alpha value is -2.55. The number of ether oxygens (including phenoxy) is 1. The minimum Gasteiger partial charge on any atom is -0.381 e. The molecule has 180 valence electrons. The van der Waals surface area contributed by atoms with Gasteiger partial charge in [0.1, 0.15) is 5.82 Å². The molecule has 1 aliphatic carbocycles. The third-order valence-electron chi connectivity index (χ3n) is 7.35. The van der Waals surface area contributed by atoms with Crippen molar-refractivity contribution >= 4 is 10.0 Å². The van der Waals surface area contributed by atoms with Crippen molar-refractivity contribution in [3.8, 4) is 5.69 Å². The van der Waals surface area contributed by atoms with Crippen LogP contribution >= 0.6 is 0 Å². The second-order valence-electron chi connectivity index (χ2n) is 9.52. The van der Waals surface area contributed by atoms with Gasteiger partial charge in [0.2, 0.25) is 10.0 Å². The van der Waals surface area contributed by atoms with E-state index in [2.05, 4.69) is 5.10 Å². The highest BCUT2D eigenvalue weighted by Crippen LogP contribution is 2.47. The number of sulfonamides is 1. The van der Waals surface area contributed by atoms with Crippen LogP contribution < -0.4 is 0 Å². The fourth-order valence-electron chi connectivity index (χ4n) is 5.46. The average molecular weight is 484 g/mol. The van der Waals surface area contributed by atoms with Crippen molar-refractivity contribution in [2.24, 2.45) is 11.3 Å². The van der Waals surface area contributed by atoms with E-state index in [1.807, 2.05) is 36.9 Å². The first-order valence-corrected chi connectivity index (χ1v) is 13.2. The Morgan fingerprint density at radius 2 is 1.88 bits per heavy atom. The van der Waals surface area contributed by atoms with E-state index < -0.39 is 10.0 Å². The molecule has 3 aromatic rings. The number of aryl methyl sites for hydroxylation is 1. The van der Waals surface area contributed by atoms with Gasteiger partial charge in [0.05, 0.1) is 23.4 Å². The summed E-state index contributed by atoms with van der Waals surface area (Å²) in [6.07, 6.45) is 4.12. The van der Waals surface area contributed by atoms with E-state index in [0.717, 1.165) is 35.3 Å². The molecule has 2 atom stereocenters. The van der Waals surface area contributed by atoms with Crippen molar-refractivity contribution in [2.45, 2.75) is 38.0 Å². The van der Waals surface area contributed by atoms with Gasteiger partial charge in [-0.3, -0.25) is 0 Å². The summed E-state index contributed by atoms with van der Waals surface area (Å²) >= 11 is 0. The molecule has 6 nitrogen and oxygen atoms in total. The molecule has 8 heteroatoms. The number of piperidine rings is 1. The van der Waals surface area contributed by atoms with Crippen LogP contribution in [0.25, 0.3) is 5.69 Å². The number of hydrogen-bond acceptors (Lipinski definition) is 4. The normalized spacial score (nSPS) is 22.9. The second-order valence-corrected chi connectivity index (χ2v) is 11.5. The minimum atomic E-state index is -3.59. The maximum atomic E-state index is 13.5. The molecule has 1 fully saturated rings. The molecule has 0 bridgehead atoms. The average Bonchev–Trinajstić information content (AvgIpc) is 3.24. The van der Waals surface area contributed by atoms with E-state index in [0.29, 0.717) is 37.6 Å². The summed E-state index contributed by atoms with van der Waals surface area (Å²) in [6, 6.07) is 13.4. The molecule has 1 unspecified atom stereocenters. The third-order valence-corrected chi connectivity index (χ3v) is 9.20. The molecule has 0 N–H and O–H groups in total. The van der Waals surface area contributed by atoms with Crippen molar-refractivity contribution < 1.29 is 17.5 Å². The van der Waals surface area contributed by atoms with Gasteiger partial charge in [0.15, 0.2) is 0 Å². The van der Waals surface area contributed by atoms with Gasteiger partial charge in [0.25, 0.3) is 0 Å². The van der Waals surface area contributed by atoms with Gasteiger partial charge in [-0.25, -0.2) is 17.5 Å². The first kappa shape index (κ1) is 23.2. The fraction of sp³-hybridized carbons (Fsp3) is 0.423. The van der Waals surface area contributed by atoms with Gasteiger partial charge >= 0.3 is 0 Å². The highest BCUT2D eigenvalue weighted by Gasteiger charge is 2.50. The summed E-state index contributed by atoms with van der Waals surface area (Å²) in [6.45, 7) is 5.92. The van der Waals surface area contributed by atoms with Gasteiger partial charge in [-0.1, -0.05) is 17.7 Å². The summed E-state index contributed by atoms with van der Waals surface area (Å²) in [5, 5.41) is 4.61. The Bertz CT molecular complexity index is 1270. The maximum absolute atomic E-state index is 13.5. The molecule has 0 radical (unpaired) electrons. The smallest absolute Gasteiger partial charge is 0.243 e. The molecular formula is C26H30FN3O3S. The fourth-order valence-corrected chi connectivity index (χ4v) is 7.01. The van der Waals surface area contributed by atoms with Gasteiger partial charge in [0, 0.05) is 30.8 Å². The Labute approximate surface area is 200 Å². The zero-order valence-corrected chi connectivity index (χ0v) is 20.4. The number of hydrogen-bond donors (Lipinski definition) is 0. The van der Waals surface area contributed by atoms with Crippen molar-refractivity contribution in [2.75, 3.05) is 26.3 Å². The van der Waals surface area contributed by atoms with E-state index in [1.165, 1.54) is 12.1 Å². The van der Waals surface area contributed by atoms with Crippen LogP contribution in [0, 0.1) is 24.1 Å². The van der Waals surface area contributed by atoms with Crippen molar-refractivity contribution in [1.82, 2.24) is 14.1 Å². The van der Waals surface area contributed by atoms with Crippen LogP contribution in [0.5, 0.6) is 0 Å². The molecule has 0 saturated carbocycles. The molecule has 1 saturated heterocycles. The van der Waals surface area contributed by atoms with Crippen LogP contribution in [0.4, 0.5) is 4.39 Å². The van der Waals surface area contributed by atoms with Gasteiger partial charge < -0.3 is 4.74 Å². The van der Waals surface area contributed by atoms with E-state index in [9.17, 15) is 12.8 Å². The van der Waals surface area contributed by atoms with Crippen molar-refractivity contribution in [3.63, 3.8) is 0 Å². The van der Waals surface area contributed by atoms with Crippen LogP contribution in [-0.4, -0.2) is 48.8 Å². The predicted octanol–water partition coefficient (Wildman–Crippen LogP) is 4.15. The number of fused-ring (bicyclic) bond motifs is 2. The standard InChI is InChI=1S/C26H30FN3O3S/c1-3-33-18-26-15-20-16-28-30(23-8-6-22(27)7-9-23)25(20)14-21(26)12-13-29(17-26)34(31,32)24-10-4-19(2)5-11-24/h4-11,16,21H,3,12-15,17-18H2,1-2H3/t21?,26-/m1/s1. The van der Waals surface area contributed by atoms with Crippen LogP contribution in [0.3, 0.4) is 0 Å². The lowest BCUT2D eigenvalue weighted by molar-refractivity contribution is -0.0305. The summed E-state index contributed by atoms with van der Waals surface area (Å²) in [5.41, 5.74) is 3.78. The van der Waals surface area contributed by atoms with Crippen LogP contribution in [0.1, 0.15) is 30.2 Å². The molecular weight excluding hydrogens is 453 g/mol. The van der Waals surface area contributed by atoms with Gasteiger partial charge in [-0.15, -0.1) is 0 Å². The van der Waals surface area contributed by atoms with Crippen LogP contribution in [0.15, 0.2) is 59.6 Å². The van der Waals surface area contributed by atoms with Crippen molar-refractivity contribution in [1.29, 1.82) is 0 Å². The minimum absolute atomic E-state index is 0.270. The Kier molecular flexibility index (Phi) is 6.08. The molecule has 0 amide bonds. The molecule has 1 aromatic heterocycles. The van der Waals surface area contributed by atoms with E-state index in [-0.39, 0.29) is 17.2 Å². The monoisotopic (exact) mass is 483 g/mol. The third kappa shape index (κ3) is 4.08. The topological polar surface area (TPSA) is 64.4 Å². The van der Waals surface area contributed by atoms with Crippen LogP contribution in [-0.2, 0) is 27.6 Å². The highest BCUT2D eigenvalue weighted by molar-refractivity contribution is 7.89. The Morgan fingerprint density at radius 3 is 2.59 bits per heavy atom. The largest absolute Gasteiger partial charge is 0.381 e. The Balaban J connectivity index is 1.47. The van der Waals surface area contributed by atoms with Gasteiger partial charge in [-0.05, 0) is 81.0 Å². The van der Waals surface area contributed by atoms with Crippen molar-refractivity contribution in [3.05, 3.63) is 77.4 Å². The first-order chi connectivity index (χ1) is 16.3. The lowest BCUT2D eigenvalue weighted by atomic mass is 9.63. The second kappa shape index (κ2) is 8.91. The summed E-state index contributed by atoms with van der Waals surface area (Å²) in [7, 11) is -3.59. The zero-order chi connectivity index (χ0) is 23.9. The number of rotatable bonds is 6. The molecule has 0 spiro atoms. The molecule has 1 aliphatic heterocycles. The lowest BCUT2D eigenvalue weighted by Crippen LogP contribution is -2.56. The number of benzene rings is 2. The molecule has 2 aromatic carbocycles. The summed E-state index contributed by atoms with van der Waals surface area (Å²) in [5.74, 6) is -0.00502. The molecule has 34 heavy (non-hydrogen) atoms. The summed E-state index contributed by atoms with van der Waals surface area (Å²) < 4.78 is 49.9. The number of halogens is 1. The van der Waals surface area contributed by atoms with E-state index in [1.54, 1.807) is 28.6 Å². The van der Waals surface area contributed by atoms with E-state index in [4.69, 9.17) is 4.74 Å². The summed E-state index contributed by atoms with van der Waals surface area (Å²) in [4.78, 5) is 0.337. The maximum Gasteiger partial charge on any atom is 0.243 e. The number of aromatic nitrogens is 2. The van der Waals surface area contributed by atoms with Crippen LogP contribution in [0.2, 0.25) is 0 Å².